The van der Waals surface area contributed by atoms with Crippen LogP contribution in [0.4, 0.5) is 5.82 Å². The molecule has 30 heavy (non-hydrogen) atoms. The van der Waals surface area contributed by atoms with Gasteiger partial charge < -0.3 is 10.3 Å². The van der Waals surface area contributed by atoms with Crippen LogP contribution in [0.2, 0.25) is 10.0 Å². The summed E-state index contributed by atoms with van der Waals surface area (Å²) >= 11 is 11.9. The zero-order valence-electron chi connectivity index (χ0n) is 16.3. The maximum Gasteiger partial charge on any atom is 0.243 e. The molecule has 1 fully saturated rings. The molecule has 0 spiro atoms. The molecule has 0 unspecified atom stereocenters. The van der Waals surface area contributed by atoms with Gasteiger partial charge in [0.15, 0.2) is 5.82 Å². The molecule has 11 heteroatoms. The van der Waals surface area contributed by atoms with E-state index in [2.05, 4.69) is 32.1 Å². The number of piperazine rings is 1. The van der Waals surface area contributed by atoms with Crippen molar-refractivity contribution < 1.29 is 8.42 Å². The van der Waals surface area contributed by atoms with Crippen LogP contribution in [0.25, 0.3) is 11.0 Å². The summed E-state index contributed by atoms with van der Waals surface area (Å²) in [6.45, 7) is 4.98. The molecule has 0 bridgehead atoms. The number of sulfonamides is 1. The standard InChI is InChI=1S/C19H22Cl2N6O2S/c1-13(25-19-18-17(4-5-22-18)23-12-24-19)11-26-6-8-27(9-7-26)30(28,29)14-2-3-15(20)16(21)10-14/h2-5,10,12-13,22H,6-9,11H2,1H3,(H,23,24,25)/t13-/m0/s1. The van der Waals surface area contributed by atoms with Crippen molar-refractivity contribution in [3.8, 4) is 0 Å². The predicted molar refractivity (Wildman–Crippen MR) is 119 cm³/mol. The zero-order valence-corrected chi connectivity index (χ0v) is 18.7. The van der Waals surface area contributed by atoms with Gasteiger partial charge in [-0.2, -0.15) is 4.31 Å². The number of aromatic nitrogens is 3. The molecule has 1 aromatic carbocycles. The number of nitrogens with zero attached hydrogens (tertiary/aromatic N) is 4. The number of hydrogen-bond donors (Lipinski definition) is 2. The molecule has 160 valence electrons. The Hall–Kier alpha value is -1.91. The van der Waals surface area contributed by atoms with Crippen molar-refractivity contribution in [3.63, 3.8) is 0 Å². The van der Waals surface area contributed by atoms with Gasteiger partial charge in [-0.3, -0.25) is 4.90 Å². The Morgan fingerprint density at radius 2 is 1.90 bits per heavy atom. The van der Waals surface area contributed by atoms with Gasteiger partial charge in [0.2, 0.25) is 10.0 Å². The Kier molecular flexibility index (Phi) is 6.17. The fourth-order valence-electron chi connectivity index (χ4n) is 3.59. The van der Waals surface area contributed by atoms with Gasteiger partial charge in [0, 0.05) is 45.0 Å². The molecule has 2 aromatic heterocycles. The molecule has 1 aliphatic heterocycles. The van der Waals surface area contributed by atoms with Crippen LogP contribution in [0.3, 0.4) is 0 Å². The Morgan fingerprint density at radius 3 is 2.63 bits per heavy atom. The average molecular weight is 469 g/mol. The van der Waals surface area contributed by atoms with E-state index in [0.717, 1.165) is 23.4 Å². The molecule has 0 amide bonds. The lowest BCUT2D eigenvalue weighted by Crippen LogP contribution is -2.50. The third kappa shape index (κ3) is 4.40. The Morgan fingerprint density at radius 1 is 1.13 bits per heavy atom. The number of nitrogens with one attached hydrogen (secondary N) is 2. The van der Waals surface area contributed by atoms with Crippen molar-refractivity contribution in [1.29, 1.82) is 0 Å². The molecule has 0 aliphatic carbocycles. The number of H-pyrrole nitrogens is 1. The molecule has 0 radical (unpaired) electrons. The van der Waals surface area contributed by atoms with Crippen LogP contribution in [0, 0.1) is 0 Å². The fraction of sp³-hybridized carbons (Fsp3) is 0.368. The summed E-state index contributed by atoms with van der Waals surface area (Å²) in [4.78, 5) is 14.1. The lowest BCUT2D eigenvalue weighted by molar-refractivity contribution is 0.184. The summed E-state index contributed by atoms with van der Waals surface area (Å²) < 4.78 is 27.3. The Bertz CT molecular complexity index is 1140. The molecule has 3 aromatic rings. The highest BCUT2D eigenvalue weighted by Crippen LogP contribution is 2.27. The summed E-state index contributed by atoms with van der Waals surface area (Å²) in [5, 5.41) is 3.98. The molecule has 4 rings (SSSR count). The fourth-order valence-corrected chi connectivity index (χ4v) is 5.40. The highest BCUT2D eigenvalue weighted by molar-refractivity contribution is 7.89. The molecule has 2 N–H and O–H groups in total. The van der Waals surface area contributed by atoms with Crippen LogP contribution in [0.1, 0.15) is 6.92 Å². The highest BCUT2D eigenvalue weighted by atomic mass is 35.5. The van der Waals surface area contributed by atoms with Crippen molar-refractivity contribution in [2.45, 2.75) is 17.9 Å². The normalized spacial score (nSPS) is 17.3. The van der Waals surface area contributed by atoms with E-state index in [9.17, 15) is 8.42 Å². The lowest BCUT2D eigenvalue weighted by Gasteiger charge is -2.35. The number of fused-ring (bicyclic) bond motifs is 1. The number of halogens is 2. The van der Waals surface area contributed by atoms with Gasteiger partial charge in [0.25, 0.3) is 0 Å². The van der Waals surface area contributed by atoms with Crippen molar-refractivity contribution in [2.75, 3.05) is 38.0 Å². The van der Waals surface area contributed by atoms with E-state index in [4.69, 9.17) is 23.2 Å². The van der Waals surface area contributed by atoms with Gasteiger partial charge >= 0.3 is 0 Å². The maximum atomic E-state index is 12.9. The van der Waals surface area contributed by atoms with E-state index >= 15 is 0 Å². The quantitative estimate of drug-likeness (QED) is 0.577. The van der Waals surface area contributed by atoms with E-state index in [1.54, 1.807) is 0 Å². The van der Waals surface area contributed by atoms with Crippen LogP contribution in [0.15, 0.2) is 41.7 Å². The zero-order chi connectivity index (χ0) is 21.3. The summed E-state index contributed by atoms with van der Waals surface area (Å²) in [6.07, 6.45) is 3.38. The first-order valence-electron chi connectivity index (χ1n) is 9.57. The Balaban J connectivity index is 1.35. The largest absolute Gasteiger partial charge is 0.364 e. The lowest BCUT2D eigenvalue weighted by atomic mass is 10.2. The topological polar surface area (TPSA) is 94.2 Å². The third-order valence-corrected chi connectivity index (χ3v) is 7.75. The van der Waals surface area contributed by atoms with Crippen LogP contribution >= 0.6 is 23.2 Å². The molecular weight excluding hydrogens is 447 g/mol. The molecule has 8 nitrogen and oxygen atoms in total. The first-order valence-corrected chi connectivity index (χ1v) is 11.8. The number of hydrogen-bond acceptors (Lipinski definition) is 6. The number of anilines is 1. The smallest absolute Gasteiger partial charge is 0.243 e. The minimum absolute atomic E-state index is 0.129. The monoisotopic (exact) mass is 468 g/mol. The van der Waals surface area contributed by atoms with Crippen molar-refractivity contribution >= 4 is 50.1 Å². The van der Waals surface area contributed by atoms with Crippen molar-refractivity contribution in [2.24, 2.45) is 0 Å². The summed E-state index contributed by atoms with van der Waals surface area (Å²) in [5.74, 6) is 0.762. The maximum absolute atomic E-state index is 12.9. The van der Waals surface area contributed by atoms with E-state index in [1.165, 1.54) is 28.8 Å². The van der Waals surface area contributed by atoms with Gasteiger partial charge in [-0.25, -0.2) is 18.4 Å². The van der Waals surface area contributed by atoms with Crippen molar-refractivity contribution in [3.05, 3.63) is 46.8 Å². The second-order valence-electron chi connectivity index (χ2n) is 7.29. The summed E-state index contributed by atoms with van der Waals surface area (Å²) in [7, 11) is -3.59. The number of rotatable bonds is 6. The molecule has 3 heterocycles. The van der Waals surface area contributed by atoms with E-state index < -0.39 is 10.0 Å². The van der Waals surface area contributed by atoms with Crippen molar-refractivity contribution in [1.82, 2.24) is 24.2 Å². The highest BCUT2D eigenvalue weighted by Gasteiger charge is 2.29. The minimum Gasteiger partial charge on any atom is -0.364 e. The summed E-state index contributed by atoms with van der Waals surface area (Å²) in [6, 6.07) is 6.44. The van der Waals surface area contributed by atoms with Gasteiger partial charge in [0.05, 0.1) is 20.5 Å². The van der Waals surface area contributed by atoms with E-state index in [1.807, 2.05) is 12.3 Å². The van der Waals surface area contributed by atoms with Crippen LogP contribution < -0.4 is 5.32 Å². The Labute approximate surface area is 185 Å². The number of aromatic amines is 1. The van der Waals surface area contributed by atoms with E-state index in [-0.39, 0.29) is 16.0 Å². The molecule has 0 saturated carbocycles. The second-order valence-corrected chi connectivity index (χ2v) is 10.0. The third-order valence-electron chi connectivity index (χ3n) is 5.12. The van der Waals surface area contributed by atoms with Gasteiger partial charge in [0.1, 0.15) is 11.8 Å². The van der Waals surface area contributed by atoms with Crippen LogP contribution in [-0.2, 0) is 10.0 Å². The number of benzene rings is 1. The second kappa shape index (κ2) is 8.68. The predicted octanol–water partition coefficient (Wildman–Crippen LogP) is 3.07. The molecule has 1 aliphatic rings. The first kappa shape index (κ1) is 21.3. The molecular formula is C19H22Cl2N6O2S. The van der Waals surface area contributed by atoms with Crippen LogP contribution in [-0.4, -0.2) is 71.3 Å². The van der Waals surface area contributed by atoms with Gasteiger partial charge in [-0.15, -0.1) is 0 Å². The first-order chi connectivity index (χ1) is 14.3. The minimum atomic E-state index is -3.59. The molecule has 1 saturated heterocycles. The van der Waals surface area contributed by atoms with Gasteiger partial charge in [-0.05, 0) is 31.2 Å². The SMILES string of the molecule is C[C@@H](CN1CCN(S(=O)(=O)c2ccc(Cl)c(Cl)c2)CC1)Nc1ncnc2cc[nH]c12. The van der Waals surface area contributed by atoms with Crippen LogP contribution in [0.5, 0.6) is 0 Å². The molecule has 1 atom stereocenters. The summed E-state index contributed by atoms with van der Waals surface area (Å²) in [5.41, 5.74) is 1.74. The average Bonchev–Trinajstić information content (AvgIpc) is 3.20. The van der Waals surface area contributed by atoms with E-state index in [0.29, 0.717) is 31.2 Å². The van der Waals surface area contributed by atoms with Gasteiger partial charge in [-0.1, -0.05) is 23.2 Å².